The van der Waals surface area contributed by atoms with E-state index in [1.165, 1.54) is 45.5 Å². The van der Waals surface area contributed by atoms with Gasteiger partial charge in [-0.2, -0.15) is 0 Å². The van der Waals surface area contributed by atoms with E-state index in [4.69, 9.17) is 65.3 Å². The third-order valence-electron chi connectivity index (χ3n) is 5.98. The van der Waals surface area contributed by atoms with E-state index in [-0.39, 0.29) is 21.1 Å². The molecule has 0 aromatic carbocycles. The van der Waals surface area contributed by atoms with Gasteiger partial charge in [-0.15, -0.1) is 45.5 Å². The first-order chi connectivity index (χ1) is 24.5. The summed E-state index contributed by atoms with van der Waals surface area (Å²) in [5.41, 5.74) is -11.0. The molecular weight excluding hydrogens is 989 g/mol. The van der Waals surface area contributed by atoms with Crippen molar-refractivity contribution in [2.75, 3.05) is 49.4 Å². The second kappa shape index (κ2) is 47.4. The van der Waals surface area contributed by atoms with Crippen molar-refractivity contribution in [2.45, 2.75) is 158 Å². The van der Waals surface area contributed by atoms with Crippen LogP contribution in [0, 0.1) is 0 Å². The van der Waals surface area contributed by atoms with Crippen LogP contribution < -0.4 is 19.6 Å². The van der Waals surface area contributed by atoms with Crippen LogP contribution in [-0.4, -0.2) is 49.4 Å². The van der Waals surface area contributed by atoms with Crippen molar-refractivity contribution in [3.63, 3.8) is 0 Å². The SMILES string of the molecule is CCCCOP([O-])(=S)SCCCC.CCCCOP([O-])(=S)SCCCC.CCCCOP([O-])(=S)SCCCC.CCCCOP([O-])(=S)SCCCC.[Mo+4]. The summed E-state index contributed by atoms with van der Waals surface area (Å²) in [6.07, 6.45) is 16.6. The van der Waals surface area contributed by atoms with Gasteiger partial charge in [0.25, 0.3) is 0 Å². The summed E-state index contributed by atoms with van der Waals surface area (Å²) in [5.74, 6) is 3.40. The van der Waals surface area contributed by atoms with Gasteiger partial charge < -0.3 is 37.7 Å². The molecule has 53 heavy (non-hydrogen) atoms. The summed E-state index contributed by atoms with van der Waals surface area (Å²) in [5, 5.41) is 0. The first kappa shape index (κ1) is 66.5. The molecule has 0 aliphatic carbocycles. The number of hydrogen-bond donors (Lipinski definition) is 0. The van der Waals surface area contributed by atoms with Crippen LogP contribution in [0.3, 0.4) is 0 Å². The van der Waals surface area contributed by atoms with Crippen LogP contribution in [0.15, 0.2) is 0 Å². The number of hydrogen-bond acceptors (Lipinski definition) is 16. The molecule has 4 atom stereocenters. The maximum Gasteiger partial charge on any atom is 4.00 e. The van der Waals surface area contributed by atoms with Gasteiger partial charge in [-0.25, -0.2) is 0 Å². The Morgan fingerprint density at radius 2 is 0.491 bits per heavy atom. The van der Waals surface area contributed by atoms with Crippen molar-refractivity contribution < 1.29 is 58.7 Å². The van der Waals surface area contributed by atoms with E-state index in [1.807, 2.05) is 0 Å². The zero-order valence-corrected chi connectivity index (χ0v) is 45.8. The van der Waals surface area contributed by atoms with Gasteiger partial charge in [0.05, 0.1) is 26.4 Å². The molecule has 0 radical (unpaired) electrons. The molecule has 322 valence electrons. The van der Waals surface area contributed by atoms with Gasteiger partial charge in [0.15, 0.2) is 0 Å². The minimum atomic E-state index is -2.75. The van der Waals surface area contributed by atoms with Crippen molar-refractivity contribution >= 4 is 116 Å². The van der Waals surface area contributed by atoms with Crippen molar-refractivity contribution in [3.8, 4) is 0 Å². The number of unbranched alkanes of at least 4 members (excludes halogenated alkanes) is 8. The minimum Gasteiger partial charge on any atom is -0.793 e. The quantitative estimate of drug-likeness (QED) is 0.0360. The van der Waals surface area contributed by atoms with E-state index in [0.717, 1.165) is 126 Å². The minimum absolute atomic E-state index is 0. The molecule has 0 rings (SSSR count). The van der Waals surface area contributed by atoms with E-state index in [9.17, 15) is 19.6 Å². The molecule has 0 bridgehead atoms. The Balaban J connectivity index is -0.000000192. The van der Waals surface area contributed by atoms with Gasteiger partial charge in [0.1, 0.15) is 0 Å². The third-order valence-corrected chi connectivity index (χ3v) is 23.4. The Hall–Kier alpha value is 4.37. The Kier molecular flexibility index (Phi) is 59.5. The molecule has 0 aliphatic heterocycles. The fourth-order valence-electron chi connectivity index (χ4n) is 2.71. The van der Waals surface area contributed by atoms with Gasteiger partial charge in [0.2, 0.25) is 0 Å². The van der Waals surface area contributed by atoms with Crippen LogP contribution in [0.25, 0.3) is 0 Å². The van der Waals surface area contributed by atoms with Gasteiger partial charge in [-0.05, 0) is 74.4 Å². The zero-order chi connectivity index (χ0) is 40.6. The average molecular weight is 1060 g/mol. The Morgan fingerprint density at radius 1 is 0.340 bits per heavy atom. The van der Waals surface area contributed by atoms with E-state index >= 15 is 0 Å². The fraction of sp³-hybridized carbons (Fsp3) is 1.00. The molecule has 8 nitrogen and oxygen atoms in total. The second-order valence-electron chi connectivity index (χ2n) is 11.3. The topological polar surface area (TPSA) is 129 Å². The van der Waals surface area contributed by atoms with Crippen molar-refractivity contribution in [2.24, 2.45) is 0 Å². The third kappa shape index (κ3) is 60.8. The smallest absolute Gasteiger partial charge is 0.793 e. The van der Waals surface area contributed by atoms with Crippen LogP contribution in [0.2, 0.25) is 0 Å². The summed E-state index contributed by atoms with van der Waals surface area (Å²) in [6, 6.07) is 0. The van der Waals surface area contributed by atoms with Crippen LogP contribution >= 0.6 is 68.3 Å². The zero-order valence-electron chi connectivity index (χ0n) is 33.7. The molecule has 0 amide bonds. The summed E-state index contributed by atoms with van der Waals surface area (Å²) in [4.78, 5) is 46.1. The standard InChI is InChI=1S/4C8H19O2PS2.Mo/c4*1-3-5-7-10-11(9,12)13-8-6-4-2;/h4*3-8H2,1-2H3,(H,9,12);/q;;;;+4/p-4. The number of rotatable bonds is 32. The molecule has 0 heterocycles. The molecule has 0 fully saturated rings. The molecule has 0 saturated carbocycles. The van der Waals surface area contributed by atoms with Crippen LogP contribution in [0.1, 0.15) is 158 Å². The maximum absolute atomic E-state index is 11.5. The normalized spacial score (nSPS) is 15.3. The van der Waals surface area contributed by atoms with Crippen LogP contribution in [0.5, 0.6) is 0 Å². The summed E-state index contributed by atoms with van der Waals surface area (Å²) >= 11 is 24.7. The molecule has 21 heteroatoms. The second-order valence-corrected chi connectivity index (χ2v) is 36.0. The summed E-state index contributed by atoms with van der Waals surface area (Å²) < 4.78 is 20.6. The van der Waals surface area contributed by atoms with Gasteiger partial charge in [-0.1, -0.05) is 154 Å². The van der Waals surface area contributed by atoms with Crippen molar-refractivity contribution in [1.29, 1.82) is 0 Å². The van der Waals surface area contributed by atoms with E-state index in [0.29, 0.717) is 26.4 Å². The average Bonchev–Trinajstić information content (AvgIpc) is 3.06. The van der Waals surface area contributed by atoms with Gasteiger partial charge in [0, 0.05) is 22.8 Å². The van der Waals surface area contributed by atoms with Crippen molar-refractivity contribution in [3.05, 3.63) is 0 Å². The molecule has 0 aliphatic rings. The molecule has 0 N–H and O–H groups in total. The molecule has 0 saturated heterocycles. The predicted molar refractivity (Wildman–Crippen MR) is 250 cm³/mol. The van der Waals surface area contributed by atoms with Gasteiger partial charge in [-0.3, -0.25) is 0 Å². The molecule has 4 unspecified atom stereocenters. The Labute approximate surface area is 378 Å². The van der Waals surface area contributed by atoms with E-state index in [2.05, 4.69) is 55.4 Å². The molecule has 0 spiro atoms. The van der Waals surface area contributed by atoms with Gasteiger partial charge >= 0.3 is 21.1 Å². The van der Waals surface area contributed by atoms with E-state index < -0.39 is 22.8 Å². The maximum atomic E-state index is 11.5. The monoisotopic (exact) mass is 1060 g/mol. The first-order valence-corrected chi connectivity index (χ1v) is 35.8. The molecule has 0 aromatic rings. The molecular formula is C32H72MoO8P4S8. The summed E-state index contributed by atoms with van der Waals surface area (Å²) in [7, 11) is 0. The molecule has 0 aromatic heterocycles. The Morgan fingerprint density at radius 3 is 0.623 bits per heavy atom. The Bertz CT molecular complexity index is 752. The summed E-state index contributed by atoms with van der Waals surface area (Å²) in [6.45, 7) is 18.9. The van der Waals surface area contributed by atoms with E-state index in [1.54, 1.807) is 0 Å². The van der Waals surface area contributed by atoms with Crippen LogP contribution in [0.4, 0.5) is 0 Å². The predicted octanol–water partition coefficient (Wildman–Crippen LogP) is 11.7. The van der Waals surface area contributed by atoms with Crippen molar-refractivity contribution in [1.82, 2.24) is 0 Å². The largest absolute Gasteiger partial charge is 4.00 e. The fourth-order valence-corrected chi connectivity index (χ4v) is 16.6. The van der Waals surface area contributed by atoms with Crippen LogP contribution in [-0.2, 0) is 86.4 Å². The first-order valence-electron chi connectivity index (χ1n) is 18.9.